The Kier molecular flexibility index (Phi) is 6.94. The number of benzene rings is 2. The zero-order chi connectivity index (χ0) is 21.6. The van der Waals surface area contributed by atoms with Gasteiger partial charge in [-0.3, -0.25) is 30.0 Å². The average Bonchev–Trinajstić information content (AvgIpc) is 2.65. The molecule has 0 unspecified atom stereocenters. The van der Waals surface area contributed by atoms with Crippen molar-refractivity contribution >= 4 is 33.4 Å². The van der Waals surface area contributed by atoms with Gasteiger partial charge in [-0.1, -0.05) is 18.2 Å². The number of anilines is 1. The highest BCUT2D eigenvalue weighted by Gasteiger charge is 2.18. The van der Waals surface area contributed by atoms with Crippen molar-refractivity contribution in [3.05, 3.63) is 59.7 Å². The number of sulfonamides is 1. The van der Waals surface area contributed by atoms with Gasteiger partial charge in [-0.25, -0.2) is 8.42 Å². The first-order valence-corrected chi connectivity index (χ1v) is 10.2. The molecule has 154 valence electrons. The summed E-state index contributed by atoms with van der Waals surface area (Å²) in [4.78, 5) is 35.2. The number of hydrogen-bond donors (Lipinski definition) is 4. The molecular formula is C19H22N4O5S. The molecule has 10 heteroatoms. The van der Waals surface area contributed by atoms with E-state index in [2.05, 4.69) is 15.5 Å². The maximum absolute atomic E-state index is 12.6. The molecule has 4 N–H and O–H groups in total. The van der Waals surface area contributed by atoms with Crippen molar-refractivity contribution in [1.82, 2.24) is 16.2 Å². The summed E-state index contributed by atoms with van der Waals surface area (Å²) in [5.41, 5.74) is 5.31. The van der Waals surface area contributed by atoms with Crippen LogP contribution in [0.4, 0.5) is 5.69 Å². The molecule has 0 bridgehead atoms. The van der Waals surface area contributed by atoms with Crippen LogP contribution in [0.3, 0.4) is 0 Å². The van der Waals surface area contributed by atoms with Gasteiger partial charge in [0.1, 0.15) is 0 Å². The highest BCUT2D eigenvalue weighted by atomic mass is 32.2. The molecule has 3 amide bonds. The Labute approximate surface area is 168 Å². The lowest BCUT2D eigenvalue weighted by atomic mass is 10.2. The van der Waals surface area contributed by atoms with Gasteiger partial charge in [-0.15, -0.1) is 0 Å². The number of amides is 3. The van der Waals surface area contributed by atoms with Crippen molar-refractivity contribution in [1.29, 1.82) is 0 Å². The van der Waals surface area contributed by atoms with Crippen molar-refractivity contribution < 1.29 is 22.8 Å². The summed E-state index contributed by atoms with van der Waals surface area (Å²) in [6.07, 6.45) is 0. The minimum Gasteiger partial charge on any atom is -0.346 e. The van der Waals surface area contributed by atoms with Crippen LogP contribution in [0.1, 0.15) is 29.8 Å². The van der Waals surface area contributed by atoms with Crippen LogP contribution >= 0.6 is 0 Å². The van der Waals surface area contributed by atoms with E-state index in [1.807, 2.05) is 18.4 Å². The average molecular weight is 418 g/mol. The summed E-state index contributed by atoms with van der Waals surface area (Å²) in [5, 5.41) is 2.37. The van der Waals surface area contributed by atoms with Crippen LogP contribution in [0.5, 0.6) is 0 Å². The quantitative estimate of drug-likeness (QED) is 0.426. The van der Waals surface area contributed by atoms with Crippen molar-refractivity contribution in [3.63, 3.8) is 0 Å². The van der Waals surface area contributed by atoms with E-state index in [4.69, 9.17) is 0 Å². The standard InChI is InChI=1S/C19H22N4O5S/c1-12(2)20-18(25)19(26)22-21-17(24)14-7-5-9-16(11-14)29(27,28)23-15-8-4-6-13(3)10-15/h4-12,23H,1-3H3,(H,20,25)(H,21,24)(H,22,26). The number of carbonyl (C=O) groups excluding carboxylic acids is 3. The Morgan fingerprint density at radius 1 is 0.897 bits per heavy atom. The van der Waals surface area contributed by atoms with Crippen LogP contribution in [-0.4, -0.2) is 32.2 Å². The molecule has 0 aliphatic carbocycles. The van der Waals surface area contributed by atoms with Gasteiger partial charge in [0.2, 0.25) is 0 Å². The Morgan fingerprint density at radius 2 is 1.59 bits per heavy atom. The number of aryl methyl sites for hydroxylation is 1. The first-order valence-electron chi connectivity index (χ1n) is 8.69. The lowest BCUT2D eigenvalue weighted by molar-refractivity contribution is -0.139. The van der Waals surface area contributed by atoms with Crippen molar-refractivity contribution in [2.45, 2.75) is 31.7 Å². The van der Waals surface area contributed by atoms with Crippen LogP contribution in [0.2, 0.25) is 0 Å². The Balaban J connectivity index is 2.09. The zero-order valence-electron chi connectivity index (χ0n) is 16.1. The molecule has 0 aliphatic rings. The van der Waals surface area contributed by atoms with Crippen molar-refractivity contribution in [3.8, 4) is 0 Å². The molecule has 0 aromatic heterocycles. The van der Waals surface area contributed by atoms with E-state index in [9.17, 15) is 22.8 Å². The molecule has 2 rings (SSSR count). The van der Waals surface area contributed by atoms with E-state index in [1.165, 1.54) is 18.2 Å². The van der Waals surface area contributed by atoms with Crippen molar-refractivity contribution in [2.24, 2.45) is 0 Å². The maximum Gasteiger partial charge on any atom is 0.327 e. The van der Waals surface area contributed by atoms with Crippen LogP contribution in [0.15, 0.2) is 53.4 Å². The monoisotopic (exact) mass is 418 g/mol. The number of hydrazine groups is 1. The fourth-order valence-electron chi connectivity index (χ4n) is 2.30. The molecule has 2 aromatic rings. The van der Waals surface area contributed by atoms with Crippen LogP contribution in [0, 0.1) is 6.92 Å². The van der Waals surface area contributed by atoms with Gasteiger partial charge in [-0.2, -0.15) is 0 Å². The Bertz CT molecular complexity index is 1030. The van der Waals surface area contributed by atoms with Crippen LogP contribution in [-0.2, 0) is 19.6 Å². The topological polar surface area (TPSA) is 133 Å². The van der Waals surface area contributed by atoms with Gasteiger partial charge in [0.25, 0.3) is 15.9 Å². The molecule has 0 aliphatic heterocycles. The fraction of sp³-hybridized carbons (Fsp3) is 0.211. The van der Waals surface area contributed by atoms with E-state index < -0.39 is 27.7 Å². The summed E-state index contributed by atoms with van der Waals surface area (Å²) >= 11 is 0. The number of hydrogen-bond acceptors (Lipinski definition) is 5. The van der Waals surface area contributed by atoms with Crippen molar-refractivity contribution in [2.75, 3.05) is 4.72 Å². The molecule has 2 aromatic carbocycles. The molecule has 9 nitrogen and oxygen atoms in total. The number of nitrogens with one attached hydrogen (secondary N) is 4. The molecule has 29 heavy (non-hydrogen) atoms. The lowest BCUT2D eigenvalue weighted by Gasteiger charge is -2.11. The summed E-state index contributed by atoms with van der Waals surface area (Å²) < 4.78 is 27.6. The minimum absolute atomic E-state index is 0.0123. The van der Waals surface area contributed by atoms with E-state index in [-0.39, 0.29) is 16.5 Å². The highest BCUT2D eigenvalue weighted by Crippen LogP contribution is 2.18. The van der Waals surface area contributed by atoms with Gasteiger partial charge in [0.15, 0.2) is 0 Å². The number of carbonyl (C=O) groups is 3. The second-order valence-electron chi connectivity index (χ2n) is 6.54. The van der Waals surface area contributed by atoms with Gasteiger partial charge in [-0.05, 0) is 56.7 Å². The largest absolute Gasteiger partial charge is 0.346 e. The fourth-order valence-corrected chi connectivity index (χ4v) is 3.39. The van der Waals surface area contributed by atoms with Crippen LogP contribution in [0.25, 0.3) is 0 Å². The summed E-state index contributed by atoms with van der Waals surface area (Å²) in [7, 11) is -3.93. The normalized spacial score (nSPS) is 10.9. The summed E-state index contributed by atoms with van der Waals surface area (Å²) in [6, 6.07) is 11.9. The summed E-state index contributed by atoms with van der Waals surface area (Å²) in [6.45, 7) is 5.19. The number of rotatable bonds is 5. The Hall–Kier alpha value is -3.40. The van der Waals surface area contributed by atoms with Crippen LogP contribution < -0.4 is 20.9 Å². The highest BCUT2D eigenvalue weighted by molar-refractivity contribution is 7.92. The molecule has 0 atom stereocenters. The van der Waals surface area contributed by atoms with E-state index >= 15 is 0 Å². The first kappa shape index (κ1) is 21.9. The second-order valence-corrected chi connectivity index (χ2v) is 8.22. The molecule has 0 spiro atoms. The molecule has 0 saturated carbocycles. The molecule has 0 radical (unpaired) electrons. The first-order chi connectivity index (χ1) is 13.6. The third kappa shape index (κ3) is 6.32. The van der Waals surface area contributed by atoms with Gasteiger partial charge < -0.3 is 5.32 Å². The smallest absolute Gasteiger partial charge is 0.327 e. The third-order valence-electron chi connectivity index (χ3n) is 3.59. The lowest BCUT2D eigenvalue weighted by Crippen LogP contribution is -2.49. The molecule has 0 fully saturated rings. The predicted molar refractivity (Wildman–Crippen MR) is 107 cm³/mol. The maximum atomic E-state index is 12.6. The van der Waals surface area contributed by atoms with Gasteiger partial charge in [0.05, 0.1) is 4.90 Å². The molecule has 0 saturated heterocycles. The van der Waals surface area contributed by atoms with E-state index in [0.29, 0.717) is 5.69 Å². The minimum atomic E-state index is -3.93. The summed E-state index contributed by atoms with van der Waals surface area (Å²) in [5.74, 6) is -2.72. The molecule has 0 heterocycles. The van der Waals surface area contributed by atoms with Gasteiger partial charge >= 0.3 is 11.8 Å². The SMILES string of the molecule is Cc1cccc(NS(=O)(=O)c2cccc(C(=O)NNC(=O)C(=O)NC(C)C)c2)c1. The van der Waals surface area contributed by atoms with Gasteiger partial charge in [0, 0.05) is 17.3 Å². The van der Waals surface area contributed by atoms with E-state index in [1.54, 1.807) is 32.0 Å². The predicted octanol–water partition coefficient (Wildman–Crippen LogP) is 1.08. The Morgan fingerprint density at radius 3 is 2.24 bits per heavy atom. The van der Waals surface area contributed by atoms with E-state index in [0.717, 1.165) is 11.6 Å². The zero-order valence-corrected chi connectivity index (χ0v) is 17.0. The molecular weight excluding hydrogens is 396 g/mol. The second kappa shape index (κ2) is 9.20. The third-order valence-corrected chi connectivity index (χ3v) is 4.97.